The lowest BCUT2D eigenvalue weighted by Crippen LogP contribution is -2.45. The van der Waals surface area contributed by atoms with Gasteiger partial charge >= 0.3 is 0 Å². The summed E-state index contributed by atoms with van der Waals surface area (Å²) in [5.74, 6) is 7.34. The fraction of sp³-hybridized carbons (Fsp3) is 1.00. The van der Waals surface area contributed by atoms with Crippen molar-refractivity contribution in [1.29, 1.82) is 0 Å². The summed E-state index contributed by atoms with van der Waals surface area (Å²) in [5, 5.41) is 0. The molecule has 0 aromatic heterocycles. The number of hydrazine groups is 1. The van der Waals surface area contributed by atoms with Crippen LogP contribution in [-0.4, -0.2) is 18.8 Å². The van der Waals surface area contributed by atoms with Gasteiger partial charge in [-0.2, -0.15) is 0 Å². The monoisotopic (exact) mass is 256 g/mol. The van der Waals surface area contributed by atoms with E-state index < -0.39 is 0 Å². The third-order valence-corrected chi connectivity index (χ3v) is 4.25. The number of unbranched alkanes of at least 4 members (excludes halogenated alkanes) is 1. The fourth-order valence-electron chi connectivity index (χ4n) is 2.99. The Morgan fingerprint density at radius 2 is 1.89 bits per heavy atom. The van der Waals surface area contributed by atoms with Gasteiger partial charge in [-0.15, -0.1) is 0 Å². The van der Waals surface area contributed by atoms with Crippen molar-refractivity contribution in [1.82, 2.24) is 5.43 Å². The lowest BCUT2D eigenvalue weighted by atomic mass is 9.77. The molecule has 1 atom stereocenters. The molecule has 0 saturated heterocycles. The number of hydrogen-bond donors (Lipinski definition) is 2. The van der Waals surface area contributed by atoms with E-state index in [0.717, 1.165) is 12.5 Å². The molecule has 1 aliphatic carbocycles. The number of hydrogen-bond acceptors (Lipinski definition) is 3. The van der Waals surface area contributed by atoms with Crippen molar-refractivity contribution in [2.45, 2.75) is 77.9 Å². The van der Waals surface area contributed by atoms with Crippen LogP contribution in [0.25, 0.3) is 0 Å². The Morgan fingerprint density at radius 1 is 1.22 bits per heavy atom. The number of rotatable bonds is 8. The quantitative estimate of drug-likeness (QED) is 0.518. The molecule has 0 radical (unpaired) electrons. The maximum atomic E-state index is 5.70. The molecule has 3 N–H and O–H groups in total. The molecule has 1 aliphatic rings. The van der Waals surface area contributed by atoms with Crippen LogP contribution in [0.2, 0.25) is 0 Å². The summed E-state index contributed by atoms with van der Waals surface area (Å²) >= 11 is 0. The average Bonchev–Trinajstić information content (AvgIpc) is 2.38. The molecule has 0 aromatic rings. The third-order valence-electron chi connectivity index (χ3n) is 4.25. The highest BCUT2D eigenvalue weighted by molar-refractivity contribution is 4.81. The summed E-state index contributed by atoms with van der Waals surface area (Å²) < 4.78 is 5.70. The summed E-state index contributed by atoms with van der Waals surface area (Å²) in [6, 6.07) is 0.333. The van der Waals surface area contributed by atoms with Crippen molar-refractivity contribution in [3.63, 3.8) is 0 Å². The zero-order valence-corrected chi connectivity index (χ0v) is 12.5. The third kappa shape index (κ3) is 5.68. The van der Waals surface area contributed by atoms with Gasteiger partial charge in [-0.05, 0) is 38.5 Å². The fourth-order valence-corrected chi connectivity index (χ4v) is 2.99. The van der Waals surface area contributed by atoms with Gasteiger partial charge in [-0.1, -0.05) is 39.0 Å². The minimum Gasteiger partial charge on any atom is -0.377 e. The van der Waals surface area contributed by atoms with Crippen molar-refractivity contribution in [3.05, 3.63) is 0 Å². The largest absolute Gasteiger partial charge is 0.377 e. The average molecular weight is 256 g/mol. The summed E-state index contributed by atoms with van der Waals surface area (Å²) in [4.78, 5) is 0. The van der Waals surface area contributed by atoms with E-state index in [-0.39, 0.29) is 0 Å². The van der Waals surface area contributed by atoms with Crippen molar-refractivity contribution >= 4 is 0 Å². The Kier molecular flexibility index (Phi) is 7.87. The van der Waals surface area contributed by atoms with Crippen LogP contribution in [0.1, 0.15) is 65.7 Å². The SMILES string of the molecule is CCCCC1CCC(C(COC(C)C)NN)CC1. The first-order valence-corrected chi connectivity index (χ1v) is 7.75. The highest BCUT2D eigenvalue weighted by atomic mass is 16.5. The van der Waals surface area contributed by atoms with Gasteiger partial charge in [-0.25, -0.2) is 0 Å². The molecular weight excluding hydrogens is 224 g/mol. The number of nitrogens with two attached hydrogens (primary N) is 1. The topological polar surface area (TPSA) is 47.3 Å². The highest BCUT2D eigenvalue weighted by Gasteiger charge is 2.27. The van der Waals surface area contributed by atoms with Crippen molar-refractivity contribution in [2.75, 3.05) is 6.61 Å². The predicted octanol–water partition coefficient (Wildman–Crippen LogP) is 3.24. The molecule has 3 heteroatoms. The Morgan fingerprint density at radius 3 is 2.39 bits per heavy atom. The van der Waals surface area contributed by atoms with Gasteiger partial charge in [0.25, 0.3) is 0 Å². The minimum absolute atomic E-state index is 0.293. The van der Waals surface area contributed by atoms with Crippen molar-refractivity contribution in [3.8, 4) is 0 Å². The molecule has 0 aliphatic heterocycles. The van der Waals surface area contributed by atoms with Crippen molar-refractivity contribution < 1.29 is 4.74 Å². The second kappa shape index (κ2) is 8.89. The molecule has 1 fully saturated rings. The second-order valence-electron chi connectivity index (χ2n) is 6.08. The second-order valence-corrected chi connectivity index (χ2v) is 6.08. The molecule has 0 aromatic carbocycles. The van der Waals surface area contributed by atoms with Crippen LogP contribution < -0.4 is 11.3 Å². The van der Waals surface area contributed by atoms with Gasteiger partial charge < -0.3 is 4.74 Å². The highest BCUT2D eigenvalue weighted by Crippen LogP contribution is 2.33. The van der Waals surface area contributed by atoms with E-state index in [1.807, 2.05) is 0 Å². The first-order chi connectivity index (χ1) is 8.67. The molecule has 0 amide bonds. The van der Waals surface area contributed by atoms with E-state index in [2.05, 4.69) is 26.2 Å². The van der Waals surface area contributed by atoms with Crippen LogP contribution in [0, 0.1) is 11.8 Å². The van der Waals surface area contributed by atoms with E-state index in [0.29, 0.717) is 18.1 Å². The van der Waals surface area contributed by atoms with Crippen molar-refractivity contribution in [2.24, 2.45) is 17.7 Å². The molecule has 0 heterocycles. The summed E-state index contributed by atoms with van der Waals surface area (Å²) in [6.07, 6.45) is 9.82. The van der Waals surface area contributed by atoms with Crippen LogP contribution in [0.3, 0.4) is 0 Å². The Bertz CT molecular complexity index is 201. The zero-order valence-electron chi connectivity index (χ0n) is 12.5. The molecule has 108 valence electrons. The van der Waals surface area contributed by atoms with E-state index in [1.54, 1.807) is 0 Å². The van der Waals surface area contributed by atoms with E-state index in [9.17, 15) is 0 Å². The van der Waals surface area contributed by atoms with Crippen LogP contribution in [0.5, 0.6) is 0 Å². The number of ether oxygens (including phenoxy) is 1. The standard InChI is InChI=1S/C15H32N2O/c1-4-5-6-13-7-9-14(10-8-13)15(17-16)11-18-12(2)3/h12-15,17H,4-11,16H2,1-3H3. The lowest BCUT2D eigenvalue weighted by molar-refractivity contribution is 0.0399. The normalized spacial score (nSPS) is 26.5. The van der Waals surface area contributed by atoms with Crippen LogP contribution in [0.4, 0.5) is 0 Å². The molecule has 18 heavy (non-hydrogen) atoms. The summed E-state index contributed by atoms with van der Waals surface area (Å²) in [7, 11) is 0. The summed E-state index contributed by atoms with van der Waals surface area (Å²) in [6.45, 7) is 7.19. The van der Waals surface area contributed by atoms with E-state index >= 15 is 0 Å². The Hall–Kier alpha value is -0.120. The maximum Gasteiger partial charge on any atom is 0.0639 e. The number of nitrogens with one attached hydrogen (secondary N) is 1. The molecule has 1 saturated carbocycles. The van der Waals surface area contributed by atoms with Gasteiger partial charge in [0.2, 0.25) is 0 Å². The van der Waals surface area contributed by atoms with Crippen LogP contribution in [0.15, 0.2) is 0 Å². The van der Waals surface area contributed by atoms with E-state index in [1.165, 1.54) is 44.9 Å². The van der Waals surface area contributed by atoms with Gasteiger partial charge in [0, 0.05) is 6.04 Å². The van der Waals surface area contributed by atoms with Crippen LogP contribution >= 0.6 is 0 Å². The van der Waals surface area contributed by atoms with Gasteiger partial charge in [0.15, 0.2) is 0 Å². The molecule has 1 rings (SSSR count). The van der Waals surface area contributed by atoms with Crippen LogP contribution in [-0.2, 0) is 4.74 Å². The molecule has 3 nitrogen and oxygen atoms in total. The van der Waals surface area contributed by atoms with Gasteiger partial charge in [-0.3, -0.25) is 11.3 Å². The summed E-state index contributed by atoms with van der Waals surface area (Å²) in [5.41, 5.74) is 2.96. The first kappa shape index (κ1) is 15.9. The Balaban J connectivity index is 2.26. The maximum absolute atomic E-state index is 5.70. The molecule has 1 unspecified atom stereocenters. The predicted molar refractivity (Wildman–Crippen MR) is 77.2 cm³/mol. The smallest absolute Gasteiger partial charge is 0.0639 e. The minimum atomic E-state index is 0.293. The molecule has 0 spiro atoms. The Labute approximate surface area is 113 Å². The molecular formula is C15H32N2O. The van der Waals surface area contributed by atoms with Gasteiger partial charge in [0.05, 0.1) is 12.7 Å². The van der Waals surface area contributed by atoms with E-state index in [4.69, 9.17) is 10.6 Å². The molecule has 0 bridgehead atoms. The lowest BCUT2D eigenvalue weighted by Gasteiger charge is -2.33. The first-order valence-electron chi connectivity index (χ1n) is 7.75. The zero-order chi connectivity index (χ0) is 13.4. The van der Waals surface area contributed by atoms with Gasteiger partial charge in [0.1, 0.15) is 0 Å².